The second-order valence-corrected chi connectivity index (χ2v) is 5.60. The highest BCUT2D eigenvalue weighted by Gasteiger charge is 2.05. The van der Waals surface area contributed by atoms with E-state index in [-0.39, 0.29) is 0 Å². The third kappa shape index (κ3) is 4.67. The molecule has 0 aliphatic rings. The van der Waals surface area contributed by atoms with Crippen LogP contribution in [0.5, 0.6) is 11.5 Å². The molecule has 0 amide bonds. The van der Waals surface area contributed by atoms with Crippen LogP contribution in [0.15, 0.2) is 46.9 Å². The molecule has 2 rings (SSSR count). The molecule has 0 aromatic heterocycles. The van der Waals surface area contributed by atoms with Crippen molar-refractivity contribution in [1.29, 1.82) is 0 Å². The van der Waals surface area contributed by atoms with Crippen LogP contribution in [0.1, 0.15) is 18.9 Å². The van der Waals surface area contributed by atoms with E-state index in [2.05, 4.69) is 34.2 Å². The van der Waals surface area contributed by atoms with Crippen molar-refractivity contribution in [3.8, 4) is 11.5 Å². The van der Waals surface area contributed by atoms with Gasteiger partial charge in [-0.25, -0.2) is 0 Å². The Hall–Kier alpha value is -1.68. The number of benzene rings is 2. The molecule has 0 saturated heterocycles. The summed E-state index contributed by atoms with van der Waals surface area (Å²) in [7, 11) is 1.67. The lowest BCUT2D eigenvalue weighted by molar-refractivity contribution is 0.314. The molecule has 0 aliphatic carbocycles. The van der Waals surface area contributed by atoms with Crippen LogP contribution in [0.25, 0.3) is 0 Å². The first-order valence-corrected chi connectivity index (χ1v) is 7.81. The Bertz CT molecular complexity index is 587. The van der Waals surface area contributed by atoms with Crippen LogP contribution < -0.4 is 14.8 Å². The number of nitrogens with one attached hydrogen (secondary N) is 1. The van der Waals surface area contributed by atoms with Crippen molar-refractivity contribution < 1.29 is 9.47 Å². The number of rotatable bonds is 7. The van der Waals surface area contributed by atoms with Crippen LogP contribution in [0.3, 0.4) is 0 Å². The van der Waals surface area contributed by atoms with Gasteiger partial charge in [0.1, 0.15) is 11.5 Å². The second-order valence-electron chi connectivity index (χ2n) is 4.69. The van der Waals surface area contributed by atoms with E-state index in [9.17, 15) is 0 Å². The quantitative estimate of drug-likeness (QED) is 0.774. The molecule has 0 radical (unpaired) electrons. The first kappa shape index (κ1) is 15.7. The Morgan fingerprint density at radius 1 is 1.14 bits per heavy atom. The maximum Gasteiger partial charge on any atom is 0.124 e. The molecule has 0 unspecified atom stereocenters. The Morgan fingerprint density at radius 2 is 2.00 bits per heavy atom. The lowest BCUT2D eigenvalue weighted by Gasteiger charge is -2.13. The van der Waals surface area contributed by atoms with Crippen LogP contribution >= 0.6 is 15.9 Å². The minimum Gasteiger partial charge on any atom is -0.497 e. The standard InChI is InChI=1S/C17H20BrNO2/c1-3-9-21-17-8-7-14(18)10-13(17)12-19-15-5-4-6-16(11-15)20-2/h4-8,10-11,19H,3,9,12H2,1-2H3. The van der Waals surface area contributed by atoms with E-state index in [1.54, 1.807) is 7.11 Å². The van der Waals surface area contributed by atoms with E-state index in [0.29, 0.717) is 6.54 Å². The van der Waals surface area contributed by atoms with Gasteiger partial charge in [-0.05, 0) is 36.8 Å². The van der Waals surface area contributed by atoms with E-state index in [1.165, 1.54) is 0 Å². The third-order valence-electron chi connectivity index (χ3n) is 3.04. The molecular weight excluding hydrogens is 330 g/mol. The Kier molecular flexibility index (Phi) is 5.93. The number of halogens is 1. The number of hydrogen-bond acceptors (Lipinski definition) is 3. The normalized spacial score (nSPS) is 10.2. The van der Waals surface area contributed by atoms with Crippen molar-refractivity contribution in [3.63, 3.8) is 0 Å². The average molecular weight is 350 g/mol. The Balaban J connectivity index is 2.09. The maximum atomic E-state index is 5.79. The summed E-state index contributed by atoms with van der Waals surface area (Å²) in [5.74, 6) is 1.77. The number of hydrogen-bond donors (Lipinski definition) is 1. The molecule has 21 heavy (non-hydrogen) atoms. The van der Waals surface area contributed by atoms with Gasteiger partial charge in [-0.1, -0.05) is 28.9 Å². The molecule has 3 nitrogen and oxygen atoms in total. The van der Waals surface area contributed by atoms with Gasteiger partial charge in [0.25, 0.3) is 0 Å². The van der Waals surface area contributed by atoms with Gasteiger partial charge in [0.15, 0.2) is 0 Å². The maximum absolute atomic E-state index is 5.79. The van der Waals surface area contributed by atoms with Gasteiger partial charge in [0.05, 0.1) is 13.7 Å². The molecule has 112 valence electrons. The number of anilines is 1. The van der Waals surface area contributed by atoms with E-state index >= 15 is 0 Å². The van der Waals surface area contributed by atoms with Crippen molar-refractivity contribution in [1.82, 2.24) is 0 Å². The van der Waals surface area contributed by atoms with Crippen LogP contribution in [-0.4, -0.2) is 13.7 Å². The van der Waals surface area contributed by atoms with E-state index in [4.69, 9.17) is 9.47 Å². The predicted octanol–water partition coefficient (Wildman–Crippen LogP) is 4.86. The summed E-state index contributed by atoms with van der Waals surface area (Å²) in [4.78, 5) is 0. The smallest absolute Gasteiger partial charge is 0.124 e. The zero-order chi connectivity index (χ0) is 15.1. The van der Waals surface area contributed by atoms with Crippen LogP contribution in [-0.2, 0) is 6.54 Å². The van der Waals surface area contributed by atoms with Crippen molar-refractivity contribution in [3.05, 3.63) is 52.5 Å². The van der Waals surface area contributed by atoms with Crippen LogP contribution in [0.2, 0.25) is 0 Å². The van der Waals surface area contributed by atoms with Crippen LogP contribution in [0, 0.1) is 0 Å². The first-order valence-electron chi connectivity index (χ1n) is 7.02. The molecule has 4 heteroatoms. The predicted molar refractivity (Wildman–Crippen MR) is 90.2 cm³/mol. The SMILES string of the molecule is CCCOc1ccc(Br)cc1CNc1cccc(OC)c1. The zero-order valence-corrected chi connectivity index (χ0v) is 13.9. The highest BCUT2D eigenvalue weighted by Crippen LogP contribution is 2.25. The zero-order valence-electron chi connectivity index (χ0n) is 12.4. The third-order valence-corrected chi connectivity index (χ3v) is 3.53. The highest BCUT2D eigenvalue weighted by atomic mass is 79.9. The summed E-state index contributed by atoms with van der Waals surface area (Å²) in [6.07, 6.45) is 0.999. The second kappa shape index (κ2) is 7.93. The first-order chi connectivity index (χ1) is 10.2. The Morgan fingerprint density at radius 3 is 2.76 bits per heavy atom. The van der Waals surface area contributed by atoms with Gasteiger partial charge in [0, 0.05) is 28.3 Å². The van der Waals surface area contributed by atoms with E-state index in [1.807, 2.05) is 36.4 Å². The molecule has 1 N–H and O–H groups in total. The van der Waals surface area contributed by atoms with Gasteiger partial charge in [-0.2, -0.15) is 0 Å². The van der Waals surface area contributed by atoms with Gasteiger partial charge in [-0.3, -0.25) is 0 Å². The number of ether oxygens (including phenoxy) is 2. The summed E-state index contributed by atoms with van der Waals surface area (Å²) in [6.45, 7) is 3.53. The van der Waals surface area contributed by atoms with Crippen molar-refractivity contribution >= 4 is 21.6 Å². The molecular formula is C17H20BrNO2. The largest absolute Gasteiger partial charge is 0.497 e. The molecule has 2 aromatic rings. The summed E-state index contributed by atoms with van der Waals surface area (Å²) in [5, 5.41) is 3.40. The molecule has 0 atom stereocenters. The molecule has 0 fully saturated rings. The minimum absolute atomic E-state index is 0.700. The molecule has 0 bridgehead atoms. The van der Waals surface area contributed by atoms with Gasteiger partial charge in [0.2, 0.25) is 0 Å². The van der Waals surface area contributed by atoms with Gasteiger partial charge in [-0.15, -0.1) is 0 Å². The fourth-order valence-corrected chi connectivity index (χ4v) is 2.38. The van der Waals surface area contributed by atoms with Gasteiger partial charge < -0.3 is 14.8 Å². The summed E-state index contributed by atoms with van der Waals surface area (Å²) in [5.41, 5.74) is 2.15. The highest BCUT2D eigenvalue weighted by molar-refractivity contribution is 9.10. The molecule has 0 aliphatic heterocycles. The average Bonchev–Trinajstić information content (AvgIpc) is 2.52. The summed E-state index contributed by atoms with van der Waals surface area (Å²) < 4.78 is 12.1. The topological polar surface area (TPSA) is 30.5 Å². The molecule has 0 saturated carbocycles. The summed E-state index contributed by atoms with van der Waals surface area (Å²) in [6, 6.07) is 14.0. The summed E-state index contributed by atoms with van der Waals surface area (Å²) >= 11 is 3.51. The molecule has 2 aromatic carbocycles. The monoisotopic (exact) mass is 349 g/mol. The van der Waals surface area contributed by atoms with Crippen molar-refractivity contribution in [2.24, 2.45) is 0 Å². The lowest BCUT2D eigenvalue weighted by atomic mass is 10.2. The minimum atomic E-state index is 0.700. The Labute approximate surface area is 134 Å². The van der Waals surface area contributed by atoms with Gasteiger partial charge >= 0.3 is 0 Å². The van der Waals surface area contributed by atoms with Crippen molar-refractivity contribution in [2.45, 2.75) is 19.9 Å². The molecule has 0 spiro atoms. The van der Waals surface area contributed by atoms with Crippen LogP contribution in [0.4, 0.5) is 5.69 Å². The fraction of sp³-hybridized carbons (Fsp3) is 0.294. The fourth-order valence-electron chi connectivity index (χ4n) is 1.97. The van der Waals surface area contributed by atoms with E-state index in [0.717, 1.165) is 40.3 Å². The molecule has 0 heterocycles. The van der Waals surface area contributed by atoms with E-state index < -0.39 is 0 Å². The van der Waals surface area contributed by atoms with Crippen molar-refractivity contribution in [2.75, 3.05) is 19.0 Å². The lowest BCUT2D eigenvalue weighted by Crippen LogP contribution is -2.04. The number of methoxy groups -OCH3 is 1.